The van der Waals surface area contributed by atoms with Crippen LogP contribution in [0.3, 0.4) is 0 Å². The highest BCUT2D eigenvalue weighted by molar-refractivity contribution is 5.94. The number of carbonyl (C=O) groups is 1. The van der Waals surface area contributed by atoms with E-state index in [0.29, 0.717) is 6.54 Å². The van der Waals surface area contributed by atoms with Crippen LogP contribution in [0, 0.1) is 5.92 Å². The Morgan fingerprint density at radius 1 is 1.48 bits per heavy atom. The van der Waals surface area contributed by atoms with E-state index in [2.05, 4.69) is 4.90 Å². The molecular weight excluding hydrogens is 264 g/mol. The molecule has 4 heteroatoms. The van der Waals surface area contributed by atoms with Crippen LogP contribution in [0.15, 0.2) is 24.3 Å². The van der Waals surface area contributed by atoms with E-state index < -0.39 is 0 Å². The number of hydrogen-bond donors (Lipinski definition) is 1. The molecule has 1 amide bonds. The number of nitrogens with zero attached hydrogens (tertiary/aromatic N) is 2. The largest absolute Gasteiger partial charge is 0.393 e. The van der Waals surface area contributed by atoms with E-state index in [1.807, 2.05) is 50.2 Å². The predicted molar refractivity (Wildman–Crippen MR) is 84.1 cm³/mol. The fraction of sp³-hybridized carbons (Fsp3) is 0.588. The van der Waals surface area contributed by atoms with Gasteiger partial charge in [0.05, 0.1) is 6.10 Å². The summed E-state index contributed by atoms with van der Waals surface area (Å²) in [6, 6.07) is 7.86. The smallest absolute Gasteiger partial charge is 0.253 e. The highest BCUT2D eigenvalue weighted by Gasteiger charge is 2.27. The number of hydrogen-bond acceptors (Lipinski definition) is 3. The summed E-state index contributed by atoms with van der Waals surface area (Å²) in [5, 5.41) is 9.75. The number of carbonyl (C=O) groups excluding carboxylic acids is 1. The number of piperidine rings is 1. The summed E-state index contributed by atoms with van der Waals surface area (Å²) in [6.45, 7) is 4.10. The normalized spacial score (nSPS) is 20.6. The third-order valence-electron chi connectivity index (χ3n) is 4.10. The second-order valence-corrected chi connectivity index (χ2v) is 6.33. The Morgan fingerprint density at radius 2 is 2.24 bits per heavy atom. The Hall–Kier alpha value is -1.39. The van der Waals surface area contributed by atoms with Crippen molar-refractivity contribution in [3.8, 4) is 0 Å². The lowest BCUT2D eigenvalue weighted by Gasteiger charge is -2.34. The molecule has 1 heterocycles. The maximum atomic E-state index is 12.6. The van der Waals surface area contributed by atoms with Gasteiger partial charge in [-0.2, -0.15) is 0 Å². The first-order valence-electron chi connectivity index (χ1n) is 7.68. The van der Waals surface area contributed by atoms with Crippen molar-refractivity contribution >= 4 is 5.91 Å². The zero-order valence-corrected chi connectivity index (χ0v) is 13.2. The SMILES string of the molecule is CC(O)C1CCCN(C(=O)c2cccc(CN(C)C)c2)C1. The highest BCUT2D eigenvalue weighted by Crippen LogP contribution is 2.21. The number of rotatable bonds is 4. The van der Waals surface area contributed by atoms with Gasteiger partial charge in [-0.05, 0) is 51.6 Å². The van der Waals surface area contributed by atoms with Crippen LogP contribution < -0.4 is 0 Å². The van der Waals surface area contributed by atoms with Crippen LogP contribution in [0.5, 0.6) is 0 Å². The summed E-state index contributed by atoms with van der Waals surface area (Å²) < 4.78 is 0. The summed E-state index contributed by atoms with van der Waals surface area (Å²) in [6.07, 6.45) is 1.63. The number of aliphatic hydroxyl groups is 1. The maximum Gasteiger partial charge on any atom is 0.253 e. The van der Waals surface area contributed by atoms with E-state index in [9.17, 15) is 9.90 Å². The lowest BCUT2D eigenvalue weighted by Crippen LogP contribution is -2.42. The van der Waals surface area contributed by atoms with Gasteiger partial charge in [-0.1, -0.05) is 12.1 Å². The van der Waals surface area contributed by atoms with Crippen molar-refractivity contribution in [1.82, 2.24) is 9.80 Å². The Bertz CT molecular complexity index is 485. The third kappa shape index (κ3) is 4.29. The van der Waals surface area contributed by atoms with Gasteiger partial charge in [0, 0.05) is 31.1 Å². The van der Waals surface area contributed by atoms with E-state index in [1.54, 1.807) is 0 Å². The van der Waals surface area contributed by atoms with Gasteiger partial charge in [-0.15, -0.1) is 0 Å². The molecule has 21 heavy (non-hydrogen) atoms. The molecule has 2 unspecified atom stereocenters. The number of benzene rings is 1. The van der Waals surface area contributed by atoms with Gasteiger partial charge in [0.25, 0.3) is 5.91 Å². The molecule has 1 aliphatic heterocycles. The minimum absolute atomic E-state index is 0.0842. The van der Waals surface area contributed by atoms with Crippen LogP contribution in [0.1, 0.15) is 35.7 Å². The van der Waals surface area contributed by atoms with Gasteiger partial charge in [-0.25, -0.2) is 0 Å². The summed E-state index contributed by atoms with van der Waals surface area (Å²) in [4.78, 5) is 16.6. The molecule has 1 saturated heterocycles. The van der Waals surface area contributed by atoms with Crippen molar-refractivity contribution in [2.24, 2.45) is 5.92 Å². The maximum absolute atomic E-state index is 12.6. The summed E-state index contributed by atoms with van der Waals surface area (Å²) in [5.74, 6) is 0.286. The molecule has 1 aliphatic rings. The standard InChI is InChI=1S/C17H26N2O2/c1-13(20)16-8-5-9-19(12-16)17(21)15-7-4-6-14(10-15)11-18(2)3/h4,6-7,10,13,16,20H,5,8-9,11-12H2,1-3H3. The molecule has 2 atom stereocenters. The Morgan fingerprint density at radius 3 is 2.90 bits per heavy atom. The zero-order valence-electron chi connectivity index (χ0n) is 13.2. The monoisotopic (exact) mass is 290 g/mol. The molecule has 1 aromatic carbocycles. The first-order valence-corrected chi connectivity index (χ1v) is 7.68. The number of likely N-dealkylation sites (tertiary alicyclic amines) is 1. The van der Waals surface area contributed by atoms with Crippen LogP contribution in [0.4, 0.5) is 0 Å². The lowest BCUT2D eigenvalue weighted by atomic mass is 9.93. The summed E-state index contributed by atoms with van der Waals surface area (Å²) in [5.41, 5.74) is 1.90. The third-order valence-corrected chi connectivity index (χ3v) is 4.10. The van der Waals surface area contributed by atoms with Gasteiger partial charge in [-0.3, -0.25) is 4.79 Å². The Labute approximate surface area is 127 Å². The topological polar surface area (TPSA) is 43.8 Å². The molecule has 1 aromatic rings. The van der Waals surface area contributed by atoms with E-state index in [-0.39, 0.29) is 17.9 Å². The van der Waals surface area contributed by atoms with Gasteiger partial charge in [0.2, 0.25) is 0 Å². The number of amides is 1. The molecule has 1 N–H and O–H groups in total. The van der Waals surface area contributed by atoms with E-state index in [1.165, 1.54) is 0 Å². The lowest BCUT2D eigenvalue weighted by molar-refractivity contribution is 0.0466. The van der Waals surface area contributed by atoms with Crippen molar-refractivity contribution in [1.29, 1.82) is 0 Å². The zero-order chi connectivity index (χ0) is 15.4. The highest BCUT2D eigenvalue weighted by atomic mass is 16.3. The molecule has 116 valence electrons. The van der Waals surface area contributed by atoms with Gasteiger partial charge in [0.15, 0.2) is 0 Å². The van der Waals surface area contributed by atoms with Crippen molar-refractivity contribution in [2.45, 2.75) is 32.4 Å². The van der Waals surface area contributed by atoms with Crippen molar-refractivity contribution < 1.29 is 9.90 Å². The molecule has 0 aromatic heterocycles. The minimum atomic E-state index is -0.347. The molecule has 2 rings (SSSR count). The summed E-state index contributed by atoms with van der Waals surface area (Å²) >= 11 is 0. The fourth-order valence-corrected chi connectivity index (χ4v) is 2.94. The second-order valence-electron chi connectivity index (χ2n) is 6.33. The number of aliphatic hydroxyl groups excluding tert-OH is 1. The first-order chi connectivity index (χ1) is 9.97. The predicted octanol–water partition coefficient (Wildman–Crippen LogP) is 1.98. The molecule has 0 aliphatic carbocycles. The molecule has 0 spiro atoms. The molecule has 0 saturated carbocycles. The van der Waals surface area contributed by atoms with Gasteiger partial charge in [0.1, 0.15) is 0 Å². The van der Waals surface area contributed by atoms with Crippen LogP contribution in [-0.2, 0) is 6.54 Å². The molecule has 4 nitrogen and oxygen atoms in total. The molecular formula is C17H26N2O2. The minimum Gasteiger partial charge on any atom is -0.393 e. The van der Waals surface area contributed by atoms with Crippen LogP contribution in [0.2, 0.25) is 0 Å². The Kier molecular flexibility index (Phi) is 5.37. The summed E-state index contributed by atoms with van der Waals surface area (Å²) in [7, 11) is 4.04. The van der Waals surface area contributed by atoms with E-state index in [4.69, 9.17) is 0 Å². The van der Waals surface area contributed by atoms with Crippen LogP contribution >= 0.6 is 0 Å². The van der Waals surface area contributed by atoms with E-state index >= 15 is 0 Å². The molecule has 0 bridgehead atoms. The van der Waals surface area contributed by atoms with Gasteiger partial charge < -0.3 is 14.9 Å². The second kappa shape index (κ2) is 7.05. The van der Waals surface area contributed by atoms with Crippen molar-refractivity contribution in [3.63, 3.8) is 0 Å². The van der Waals surface area contributed by atoms with E-state index in [0.717, 1.165) is 37.1 Å². The molecule has 1 fully saturated rings. The quantitative estimate of drug-likeness (QED) is 0.922. The van der Waals surface area contributed by atoms with Crippen LogP contribution in [-0.4, -0.2) is 54.1 Å². The average molecular weight is 290 g/mol. The van der Waals surface area contributed by atoms with Crippen molar-refractivity contribution in [2.75, 3.05) is 27.2 Å². The fourth-order valence-electron chi connectivity index (χ4n) is 2.94. The Balaban J connectivity index is 2.08. The molecule has 0 radical (unpaired) electrons. The van der Waals surface area contributed by atoms with Gasteiger partial charge >= 0.3 is 0 Å². The first kappa shape index (κ1) is 16.0. The average Bonchev–Trinajstić information content (AvgIpc) is 2.46. The van der Waals surface area contributed by atoms with Crippen LogP contribution in [0.25, 0.3) is 0 Å². The van der Waals surface area contributed by atoms with Crippen molar-refractivity contribution in [3.05, 3.63) is 35.4 Å².